The highest BCUT2D eigenvalue weighted by Crippen LogP contribution is 2.31. The lowest BCUT2D eigenvalue weighted by molar-refractivity contribution is 0.102. The van der Waals surface area contributed by atoms with Gasteiger partial charge in [0.15, 0.2) is 15.0 Å². The van der Waals surface area contributed by atoms with Crippen molar-refractivity contribution in [1.29, 1.82) is 0 Å². The van der Waals surface area contributed by atoms with E-state index < -0.39 is 9.84 Å². The number of likely N-dealkylation sites (N-methyl/N-ethyl adjacent to an activating group) is 1. The van der Waals surface area contributed by atoms with Gasteiger partial charge in [-0.1, -0.05) is 18.3 Å². The highest BCUT2D eigenvalue weighted by atomic mass is 32.2. The lowest BCUT2D eigenvalue weighted by Gasteiger charge is -2.31. The number of rotatable bonds is 5. The van der Waals surface area contributed by atoms with Crippen LogP contribution in [0.1, 0.15) is 17.3 Å². The first-order valence-corrected chi connectivity index (χ1v) is 12.3. The maximum absolute atomic E-state index is 12.6. The molecule has 30 heavy (non-hydrogen) atoms. The van der Waals surface area contributed by atoms with Gasteiger partial charge in [0.05, 0.1) is 20.9 Å². The van der Waals surface area contributed by atoms with Gasteiger partial charge >= 0.3 is 0 Å². The summed E-state index contributed by atoms with van der Waals surface area (Å²) in [5.41, 5.74) is 2.01. The summed E-state index contributed by atoms with van der Waals surface area (Å²) >= 11 is 1.63. The maximum atomic E-state index is 12.6. The molecule has 0 unspecified atom stereocenters. The van der Waals surface area contributed by atoms with Crippen LogP contribution in [0.2, 0.25) is 0 Å². The lowest BCUT2D eigenvalue weighted by Crippen LogP contribution is -2.44. The van der Waals surface area contributed by atoms with Gasteiger partial charge in [0.2, 0.25) is 0 Å². The van der Waals surface area contributed by atoms with Crippen molar-refractivity contribution in [1.82, 2.24) is 9.88 Å². The van der Waals surface area contributed by atoms with E-state index in [9.17, 15) is 13.2 Å². The summed E-state index contributed by atoms with van der Waals surface area (Å²) < 4.78 is 24.9. The second-order valence-corrected chi connectivity index (χ2v) is 10.6. The first-order valence-electron chi connectivity index (χ1n) is 9.84. The van der Waals surface area contributed by atoms with Gasteiger partial charge in [-0.2, -0.15) is 0 Å². The second kappa shape index (κ2) is 8.33. The van der Waals surface area contributed by atoms with Gasteiger partial charge in [-0.3, -0.25) is 4.79 Å². The molecule has 3 aromatic rings. The number of amides is 1. The number of carbonyl (C=O) groups excluding carboxylic acids is 1. The number of sulfone groups is 1. The first kappa shape index (κ1) is 20.8. The van der Waals surface area contributed by atoms with E-state index in [1.807, 2.05) is 18.2 Å². The molecule has 4 rings (SSSR count). The van der Waals surface area contributed by atoms with Crippen LogP contribution in [0.5, 0.6) is 0 Å². The van der Waals surface area contributed by atoms with Crippen molar-refractivity contribution >= 4 is 48.1 Å². The SMILES string of the molecule is CCS(=O)(=O)c1ccc(C(=O)Nc2ccc3nc(N4CCN(C)CC4)sc3c2)cc1. The molecule has 2 aromatic carbocycles. The van der Waals surface area contributed by atoms with Crippen LogP contribution >= 0.6 is 11.3 Å². The molecule has 0 bridgehead atoms. The number of hydrogen-bond acceptors (Lipinski definition) is 7. The van der Waals surface area contributed by atoms with Crippen LogP contribution in [0.15, 0.2) is 47.4 Å². The Balaban J connectivity index is 1.49. The minimum Gasteiger partial charge on any atom is -0.345 e. The Kier molecular flexibility index (Phi) is 5.77. The highest BCUT2D eigenvalue weighted by Gasteiger charge is 2.18. The van der Waals surface area contributed by atoms with E-state index in [2.05, 4.69) is 22.2 Å². The van der Waals surface area contributed by atoms with Crippen molar-refractivity contribution in [3.8, 4) is 0 Å². The minimum atomic E-state index is -3.28. The van der Waals surface area contributed by atoms with Gasteiger partial charge in [0.1, 0.15) is 0 Å². The third kappa shape index (κ3) is 4.33. The second-order valence-electron chi connectivity index (χ2n) is 7.35. The summed E-state index contributed by atoms with van der Waals surface area (Å²) in [4.78, 5) is 22.1. The molecule has 1 aliphatic rings. The van der Waals surface area contributed by atoms with E-state index in [-0.39, 0.29) is 16.6 Å². The number of hydrogen-bond donors (Lipinski definition) is 1. The monoisotopic (exact) mass is 444 g/mol. The van der Waals surface area contributed by atoms with E-state index in [0.29, 0.717) is 11.3 Å². The first-order chi connectivity index (χ1) is 14.4. The summed E-state index contributed by atoms with van der Waals surface area (Å²) in [7, 11) is -1.15. The third-order valence-electron chi connectivity index (χ3n) is 5.26. The molecule has 1 saturated heterocycles. The van der Waals surface area contributed by atoms with Gasteiger partial charge < -0.3 is 15.1 Å². The zero-order chi connectivity index (χ0) is 21.3. The van der Waals surface area contributed by atoms with Crippen LogP contribution in [0.3, 0.4) is 0 Å². The van der Waals surface area contributed by atoms with Crippen LogP contribution in [0.4, 0.5) is 10.8 Å². The average molecular weight is 445 g/mol. The van der Waals surface area contributed by atoms with Gasteiger partial charge in [-0.05, 0) is 49.5 Å². The predicted molar refractivity (Wildman–Crippen MR) is 121 cm³/mol. The number of thiazole rings is 1. The molecular formula is C21H24N4O3S2. The molecule has 9 heteroatoms. The van der Waals surface area contributed by atoms with Crippen LogP contribution in [-0.2, 0) is 9.84 Å². The smallest absolute Gasteiger partial charge is 0.255 e. The number of nitrogens with zero attached hydrogens (tertiary/aromatic N) is 3. The molecule has 1 amide bonds. The average Bonchev–Trinajstić information content (AvgIpc) is 3.17. The topological polar surface area (TPSA) is 82.6 Å². The zero-order valence-corrected chi connectivity index (χ0v) is 18.6. The van der Waals surface area contributed by atoms with Gasteiger partial charge in [0.25, 0.3) is 5.91 Å². The molecule has 1 aliphatic heterocycles. The molecule has 0 aliphatic carbocycles. The van der Waals surface area contributed by atoms with E-state index in [1.54, 1.807) is 18.3 Å². The lowest BCUT2D eigenvalue weighted by atomic mass is 10.2. The molecule has 0 atom stereocenters. The zero-order valence-electron chi connectivity index (χ0n) is 17.0. The number of benzene rings is 2. The Morgan fingerprint density at radius 2 is 1.80 bits per heavy atom. The maximum Gasteiger partial charge on any atom is 0.255 e. The van der Waals surface area contributed by atoms with Crippen LogP contribution in [0.25, 0.3) is 10.2 Å². The summed E-state index contributed by atoms with van der Waals surface area (Å²) in [5, 5.41) is 3.90. The van der Waals surface area contributed by atoms with Crippen molar-refractivity contribution in [3.05, 3.63) is 48.0 Å². The van der Waals surface area contributed by atoms with Crippen molar-refractivity contribution in [2.75, 3.05) is 49.2 Å². The van der Waals surface area contributed by atoms with Gasteiger partial charge in [-0.25, -0.2) is 13.4 Å². The molecule has 1 N–H and O–H groups in total. The number of anilines is 2. The largest absolute Gasteiger partial charge is 0.345 e. The number of carbonyl (C=O) groups is 1. The Morgan fingerprint density at radius 1 is 1.10 bits per heavy atom. The summed E-state index contributed by atoms with van der Waals surface area (Å²) in [6.07, 6.45) is 0. The minimum absolute atomic E-state index is 0.0313. The van der Waals surface area contributed by atoms with Gasteiger partial charge in [0, 0.05) is 37.4 Å². The van der Waals surface area contributed by atoms with Crippen molar-refractivity contribution in [2.24, 2.45) is 0 Å². The van der Waals surface area contributed by atoms with Gasteiger partial charge in [-0.15, -0.1) is 0 Å². The summed E-state index contributed by atoms with van der Waals surface area (Å²) in [5.74, 6) is -0.248. The molecular weight excluding hydrogens is 420 g/mol. The molecule has 1 aromatic heterocycles. The van der Waals surface area contributed by atoms with E-state index in [1.165, 1.54) is 24.3 Å². The fourth-order valence-electron chi connectivity index (χ4n) is 3.31. The molecule has 0 radical (unpaired) electrons. The predicted octanol–water partition coefficient (Wildman–Crippen LogP) is 3.09. The molecule has 7 nitrogen and oxygen atoms in total. The number of fused-ring (bicyclic) bond motifs is 1. The van der Waals surface area contributed by atoms with E-state index in [0.717, 1.165) is 41.5 Å². The highest BCUT2D eigenvalue weighted by molar-refractivity contribution is 7.91. The quantitative estimate of drug-likeness (QED) is 0.651. The molecule has 158 valence electrons. The Hall–Kier alpha value is -2.49. The number of aromatic nitrogens is 1. The summed E-state index contributed by atoms with van der Waals surface area (Å²) in [6.45, 7) is 5.57. The van der Waals surface area contributed by atoms with Crippen molar-refractivity contribution in [2.45, 2.75) is 11.8 Å². The van der Waals surface area contributed by atoms with Crippen molar-refractivity contribution < 1.29 is 13.2 Å². The Bertz CT molecular complexity index is 1160. The third-order valence-corrected chi connectivity index (χ3v) is 8.09. The number of nitrogens with one attached hydrogen (secondary N) is 1. The Morgan fingerprint density at radius 3 is 2.47 bits per heavy atom. The van der Waals surface area contributed by atoms with Crippen LogP contribution in [-0.4, -0.2) is 63.2 Å². The molecule has 1 fully saturated rings. The number of piperazine rings is 1. The molecule has 0 saturated carbocycles. The van der Waals surface area contributed by atoms with Crippen LogP contribution < -0.4 is 10.2 Å². The fraction of sp³-hybridized carbons (Fsp3) is 0.333. The Labute approximate surface area is 180 Å². The van der Waals surface area contributed by atoms with E-state index >= 15 is 0 Å². The normalized spacial score (nSPS) is 15.5. The van der Waals surface area contributed by atoms with Crippen molar-refractivity contribution in [3.63, 3.8) is 0 Å². The fourth-order valence-corrected chi connectivity index (χ4v) is 5.25. The molecule has 2 heterocycles. The standard InChI is InChI=1S/C21H24N4O3S2/c1-3-30(27,28)17-7-4-15(5-8-17)20(26)22-16-6-9-18-19(14-16)29-21(23-18)25-12-10-24(2)11-13-25/h4-9,14H,3,10-13H2,1-2H3,(H,22,26). The summed E-state index contributed by atoms with van der Waals surface area (Å²) in [6, 6.07) is 11.7. The van der Waals surface area contributed by atoms with Crippen LogP contribution in [0, 0.1) is 0 Å². The van der Waals surface area contributed by atoms with E-state index in [4.69, 9.17) is 4.98 Å². The molecule has 0 spiro atoms.